The molecule has 1 amide bonds. The third-order valence-electron chi connectivity index (χ3n) is 6.30. The first-order valence-electron chi connectivity index (χ1n) is 10.5. The van der Waals surface area contributed by atoms with E-state index in [2.05, 4.69) is 10.3 Å². The van der Waals surface area contributed by atoms with Gasteiger partial charge in [0.15, 0.2) is 0 Å². The molecule has 2 saturated carbocycles. The molecule has 0 spiro atoms. The van der Waals surface area contributed by atoms with E-state index in [0.717, 1.165) is 44.2 Å². The van der Waals surface area contributed by atoms with Crippen molar-refractivity contribution in [2.24, 2.45) is 11.8 Å². The average molecular weight is 455 g/mol. The maximum atomic E-state index is 14.5. The quantitative estimate of drug-likeness (QED) is 0.543. The minimum Gasteiger partial charge on any atom is -0.340 e. The van der Waals surface area contributed by atoms with E-state index >= 15 is 0 Å². The molecule has 0 unspecified atom stereocenters. The molecule has 1 aromatic carbocycles. The first kappa shape index (κ1) is 22.1. The molecule has 0 bridgehead atoms. The topological polar surface area (TPSA) is 42.0 Å². The van der Waals surface area contributed by atoms with Crippen molar-refractivity contribution in [1.82, 2.24) is 10.3 Å². The summed E-state index contributed by atoms with van der Waals surface area (Å²) in [6.45, 7) is 0. The van der Waals surface area contributed by atoms with Gasteiger partial charge in [0.2, 0.25) is 5.91 Å². The predicted molar refractivity (Wildman–Crippen MR) is 109 cm³/mol. The van der Waals surface area contributed by atoms with E-state index in [0.29, 0.717) is 29.6 Å². The molecule has 0 radical (unpaired) electrons. The summed E-state index contributed by atoms with van der Waals surface area (Å²) in [5, 5.41) is 3.41. The molecule has 2 fully saturated rings. The maximum absolute atomic E-state index is 14.5. The van der Waals surface area contributed by atoms with Gasteiger partial charge in [-0.25, -0.2) is 4.39 Å². The van der Waals surface area contributed by atoms with E-state index in [4.69, 9.17) is 11.6 Å². The largest absolute Gasteiger partial charge is 0.416 e. The van der Waals surface area contributed by atoms with Crippen LogP contribution in [0.25, 0.3) is 0 Å². The van der Waals surface area contributed by atoms with Crippen molar-refractivity contribution in [1.29, 1.82) is 0 Å². The predicted octanol–water partition coefficient (Wildman–Crippen LogP) is 6.24. The number of carbonyl (C=O) groups excluding carboxylic acids is 1. The van der Waals surface area contributed by atoms with Gasteiger partial charge in [-0.05, 0) is 67.5 Å². The molecule has 3 nitrogen and oxygen atoms in total. The highest BCUT2D eigenvalue weighted by atomic mass is 35.5. The summed E-state index contributed by atoms with van der Waals surface area (Å²) in [5.41, 5.74) is -2.02. The van der Waals surface area contributed by atoms with Crippen molar-refractivity contribution < 1.29 is 22.4 Å². The second-order valence-corrected chi connectivity index (χ2v) is 8.93. The van der Waals surface area contributed by atoms with Crippen LogP contribution in [0.4, 0.5) is 17.6 Å². The molecular formula is C23H23ClF4N2O. The Morgan fingerprint density at radius 2 is 1.68 bits per heavy atom. The van der Waals surface area contributed by atoms with Crippen molar-refractivity contribution in [3.63, 3.8) is 0 Å². The molecular weight excluding hydrogens is 432 g/mol. The Morgan fingerprint density at radius 1 is 1.00 bits per heavy atom. The maximum Gasteiger partial charge on any atom is 0.416 e. The van der Waals surface area contributed by atoms with Crippen LogP contribution >= 0.6 is 11.6 Å². The van der Waals surface area contributed by atoms with Crippen LogP contribution in [0.1, 0.15) is 61.8 Å². The lowest BCUT2D eigenvalue weighted by molar-refractivity contribution is -0.137. The Kier molecular flexibility index (Phi) is 5.99. The van der Waals surface area contributed by atoms with Gasteiger partial charge in [-0.3, -0.25) is 9.78 Å². The van der Waals surface area contributed by atoms with E-state index in [9.17, 15) is 22.4 Å². The van der Waals surface area contributed by atoms with Crippen molar-refractivity contribution in [3.8, 4) is 0 Å². The van der Waals surface area contributed by atoms with Crippen molar-refractivity contribution in [3.05, 3.63) is 64.2 Å². The molecule has 31 heavy (non-hydrogen) atoms. The standard InChI is InChI=1S/C23H23ClF4N2O/c24-18-8-9-20(29-13-18)22(15-4-2-1-3-5-15,30-21(31)14-6-7-14)16-10-17(23(26,27)28)12-19(25)11-16/h8-15H,1-7H2,(H,30,31)/t22-/m1/s1. The number of pyridine rings is 1. The molecule has 1 aromatic heterocycles. The van der Waals surface area contributed by atoms with Crippen molar-refractivity contribution in [2.75, 3.05) is 0 Å². The lowest BCUT2D eigenvalue weighted by Crippen LogP contribution is -2.53. The number of halogens is 5. The van der Waals surface area contributed by atoms with Gasteiger partial charge in [-0.2, -0.15) is 13.2 Å². The molecule has 166 valence electrons. The Bertz CT molecular complexity index is 953. The van der Waals surface area contributed by atoms with Gasteiger partial charge < -0.3 is 5.32 Å². The summed E-state index contributed by atoms with van der Waals surface area (Å²) in [6, 6.07) is 5.72. The molecule has 0 aliphatic heterocycles. The van der Waals surface area contributed by atoms with Crippen LogP contribution < -0.4 is 5.32 Å². The van der Waals surface area contributed by atoms with Crippen LogP contribution in [0.2, 0.25) is 5.02 Å². The van der Waals surface area contributed by atoms with Gasteiger partial charge in [0.05, 0.1) is 16.3 Å². The summed E-state index contributed by atoms with van der Waals surface area (Å²) in [4.78, 5) is 17.4. The summed E-state index contributed by atoms with van der Waals surface area (Å²) in [6.07, 6.45) is 2.29. The zero-order valence-electron chi connectivity index (χ0n) is 16.8. The third kappa shape index (κ3) is 4.56. The molecule has 8 heteroatoms. The fraction of sp³-hybridized carbons (Fsp3) is 0.478. The van der Waals surface area contributed by atoms with Crippen molar-refractivity contribution >= 4 is 17.5 Å². The molecule has 2 aromatic rings. The van der Waals surface area contributed by atoms with E-state index in [1.165, 1.54) is 6.20 Å². The van der Waals surface area contributed by atoms with Gasteiger partial charge >= 0.3 is 6.18 Å². The molecule has 1 heterocycles. The van der Waals surface area contributed by atoms with Gasteiger partial charge in [0.25, 0.3) is 0 Å². The van der Waals surface area contributed by atoms with E-state index < -0.39 is 23.1 Å². The third-order valence-corrected chi connectivity index (χ3v) is 6.52. The normalized spacial score (nSPS) is 19.6. The number of hydrogen-bond acceptors (Lipinski definition) is 2. The average Bonchev–Trinajstić information content (AvgIpc) is 3.58. The van der Waals surface area contributed by atoms with Crippen molar-refractivity contribution in [2.45, 2.75) is 56.7 Å². The van der Waals surface area contributed by atoms with Gasteiger partial charge in [0, 0.05) is 12.1 Å². The molecule has 2 aliphatic rings. The summed E-state index contributed by atoms with van der Waals surface area (Å²) < 4.78 is 55.1. The number of alkyl halides is 3. The number of rotatable bonds is 5. The number of aromatic nitrogens is 1. The number of carbonyl (C=O) groups is 1. The lowest BCUT2D eigenvalue weighted by atomic mass is 9.68. The number of nitrogens with zero attached hydrogens (tertiary/aromatic N) is 1. The monoisotopic (exact) mass is 454 g/mol. The number of amides is 1. The highest BCUT2D eigenvalue weighted by Gasteiger charge is 2.48. The Hall–Kier alpha value is -2.15. The summed E-state index contributed by atoms with van der Waals surface area (Å²) in [7, 11) is 0. The number of nitrogens with one attached hydrogen (secondary N) is 1. The Balaban J connectivity index is 1.94. The summed E-state index contributed by atoms with van der Waals surface area (Å²) in [5.74, 6) is -1.63. The van der Waals surface area contributed by atoms with E-state index in [1.807, 2.05) is 0 Å². The number of benzene rings is 1. The molecule has 0 saturated heterocycles. The molecule has 1 atom stereocenters. The molecule has 4 rings (SSSR count). The zero-order valence-corrected chi connectivity index (χ0v) is 17.6. The van der Waals surface area contributed by atoms with Crippen LogP contribution in [0.5, 0.6) is 0 Å². The fourth-order valence-electron chi connectivity index (χ4n) is 4.60. The van der Waals surface area contributed by atoms with Gasteiger partial charge in [0.1, 0.15) is 11.4 Å². The summed E-state index contributed by atoms with van der Waals surface area (Å²) >= 11 is 6.01. The zero-order chi connectivity index (χ0) is 22.2. The Morgan fingerprint density at radius 3 is 2.26 bits per heavy atom. The SMILES string of the molecule is O=C(N[C@](c1cc(F)cc(C(F)(F)F)c1)(c1ccc(Cl)cn1)C1CCCCC1)C1CC1. The first-order chi connectivity index (χ1) is 14.7. The van der Waals surface area contributed by atoms with E-state index in [-0.39, 0.29) is 23.3 Å². The van der Waals surface area contributed by atoms with E-state index in [1.54, 1.807) is 12.1 Å². The van der Waals surface area contributed by atoms with Gasteiger partial charge in [-0.15, -0.1) is 0 Å². The Labute approximate surface area is 183 Å². The highest BCUT2D eigenvalue weighted by molar-refractivity contribution is 6.30. The van der Waals surface area contributed by atoms with Crippen LogP contribution in [0.15, 0.2) is 36.5 Å². The fourth-order valence-corrected chi connectivity index (χ4v) is 4.71. The first-order valence-corrected chi connectivity index (χ1v) is 10.9. The van der Waals surface area contributed by atoms with Gasteiger partial charge in [-0.1, -0.05) is 30.9 Å². The van der Waals surface area contributed by atoms with Crippen LogP contribution in [-0.2, 0) is 16.5 Å². The highest BCUT2D eigenvalue weighted by Crippen LogP contribution is 2.46. The second kappa shape index (κ2) is 8.41. The minimum absolute atomic E-state index is 0.0653. The smallest absolute Gasteiger partial charge is 0.340 e. The van der Waals surface area contributed by atoms with Crippen LogP contribution in [0, 0.1) is 17.7 Å². The molecule has 1 N–H and O–H groups in total. The lowest BCUT2D eigenvalue weighted by Gasteiger charge is -2.44. The second-order valence-electron chi connectivity index (χ2n) is 8.49. The minimum atomic E-state index is -4.72. The number of hydrogen-bond donors (Lipinski definition) is 1. The van der Waals surface area contributed by atoms with Crippen LogP contribution in [-0.4, -0.2) is 10.9 Å². The van der Waals surface area contributed by atoms with Crippen LogP contribution in [0.3, 0.4) is 0 Å². The molecule has 2 aliphatic carbocycles.